The summed E-state index contributed by atoms with van der Waals surface area (Å²) in [6, 6.07) is 6.37. The van der Waals surface area contributed by atoms with E-state index in [1.807, 2.05) is 0 Å². The summed E-state index contributed by atoms with van der Waals surface area (Å²) in [4.78, 5) is 14.6. The van der Waals surface area contributed by atoms with Gasteiger partial charge in [0.1, 0.15) is 83.2 Å². The Morgan fingerprint density at radius 3 is 2.14 bits per heavy atom. The van der Waals surface area contributed by atoms with Crippen molar-refractivity contribution in [2.75, 3.05) is 13.2 Å². The fourth-order valence-corrected chi connectivity index (χ4v) is 6.57. The van der Waals surface area contributed by atoms with Gasteiger partial charge in [-0.1, -0.05) is 11.6 Å². The standard InChI is InChI=1S/C37H46O19/c1-13(2)4-9-17-20(52-36-30(49)28(47)25(44)21(11-38)53-36)10-18(40)22-26(45)33(31(54-32(17)22)15-5-7-16(39)8-6-15)55-37-34(24(43)19(41)12-50-37)56-35-29(48)27(46)23(42)14(3)51-35/h4-8,10,14,19,21,23-25,27-30,34-44,46-49H,9,11-12H2,1-3H3. The summed E-state index contributed by atoms with van der Waals surface area (Å²) in [6.07, 6.45) is -21.1. The maximum atomic E-state index is 14.6. The van der Waals surface area contributed by atoms with Crippen LogP contribution in [0, 0.1) is 0 Å². The Balaban J connectivity index is 1.48. The molecule has 3 aliphatic heterocycles. The Morgan fingerprint density at radius 1 is 0.821 bits per heavy atom. The van der Waals surface area contributed by atoms with Crippen LogP contribution in [0.2, 0.25) is 0 Å². The van der Waals surface area contributed by atoms with Gasteiger partial charge in [0.2, 0.25) is 23.8 Å². The van der Waals surface area contributed by atoms with Crippen LogP contribution in [0.4, 0.5) is 0 Å². The van der Waals surface area contributed by atoms with Crippen molar-refractivity contribution < 1.29 is 89.0 Å². The maximum absolute atomic E-state index is 14.6. The van der Waals surface area contributed by atoms with E-state index in [2.05, 4.69) is 0 Å². The summed E-state index contributed by atoms with van der Waals surface area (Å²) < 4.78 is 40.9. The van der Waals surface area contributed by atoms with Gasteiger partial charge in [-0.2, -0.15) is 0 Å². The second-order valence-electron chi connectivity index (χ2n) is 14.2. The van der Waals surface area contributed by atoms with E-state index in [1.54, 1.807) is 19.9 Å². The zero-order chi connectivity index (χ0) is 40.7. The van der Waals surface area contributed by atoms with Crippen molar-refractivity contribution in [2.45, 2.75) is 113 Å². The van der Waals surface area contributed by atoms with Crippen LogP contribution in [-0.2, 0) is 25.4 Å². The van der Waals surface area contributed by atoms with E-state index in [-0.39, 0.29) is 40.4 Å². The molecule has 0 radical (unpaired) electrons. The predicted molar refractivity (Wildman–Crippen MR) is 188 cm³/mol. The smallest absolute Gasteiger partial charge is 0.239 e. The number of rotatable bonds is 10. The third-order valence-electron chi connectivity index (χ3n) is 9.87. The number of hydrogen-bond donors (Lipinski definition) is 11. The average molecular weight is 795 g/mol. The molecule has 0 amide bonds. The van der Waals surface area contributed by atoms with Crippen LogP contribution in [-0.4, -0.2) is 155 Å². The zero-order valence-electron chi connectivity index (χ0n) is 30.4. The number of aliphatic hydroxyl groups excluding tert-OH is 9. The first-order valence-corrected chi connectivity index (χ1v) is 17.8. The van der Waals surface area contributed by atoms with Crippen LogP contribution in [0.25, 0.3) is 22.3 Å². The van der Waals surface area contributed by atoms with Gasteiger partial charge in [-0.3, -0.25) is 4.79 Å². The predicted octanol–water partition coefficient (Wildman–Crippen LogP) is -1.77. The lowest BCUT2D eigenvalue weighted by atomic mass is 9.99. The van der Waals surface area contributed by atoms with Crippen LogP contribution in [0.15, 0.2) is 51.2 Å². The summed E-state index contributed by atoms with van der Waals surface area (Å²) in [5, 5.41) is 115. The molecule has 14 atom stereocenters. The van der Waals surface area contributed by atoms with Crippen molar-refractivity contribution >= 4 is 11.0 Å². The largest absolute Gasteiger partial charge is 0.508 e. The van der Waals surface area contributed by atoms with Gasteiger partial charge in [-0.15, -0.1) is 0 Å². The van der Waals surface area contributed by atoms with Crippen molar-refractivity contribution in [3.63, 3.8) is 0 Å². The molecule has 3 aliphatic rings. The SMILES string of the molecule is CC(C)=CCc1c(OC2OC(CO)C(O)C(O)C2O)cc(O)c2c(=O)c(OC3OCC(O)C(O)C3OC3OC(C)C(O)C(O)C3O)c(-c3ccc(O)cc3)oc12. The van der Waals surface area contributed by atoms with Gasteiger partial charge in [-0.25, -0.2) is 0 Å². The Morgan fingerprint density at radius 2 is 1.48 bits per heavy atom. The van der Waals surface area contributed by atoms with Crippen LogP contribution < -0.4 is 14.9 Å². The summed E-state index contributed by atoms with van der Waals surface area (Å²) in [6.45, 7) is 3.72. The second kappa shape index (κ2) is 16.9. The summed E-state index contributed by atoms with van der Waals surface area (Å²) >= 11 is 0. The van der Waals surface area contributed by atoms with E-state index < -0.39 is 122 Å². The molecule has 19 heteroatoms. The lowest BCUT2D eigenvalue weighted by Gasteiger charge is -2.43. The molecule has 3 aromatic rings. The van der Waals surface area contributed by atoms with Crippen molar-refractivity contribution in [3.05, 3.63) is 57.8 Å². The number of phenols is 2. The molecule has 6 rings (SSSR count). The lowest BCUT2D eigenvalue weighted by Crippen LogP contribution is -2.62. The Bertz CT molecular complexity index is 1930. The molecule has 14 unspecified atom stereocenters. The first-order chi connectivity index (χ1) is 26.5. The van der Waals surface area contributed by atoms with Crippen molar-refractivity contribution in [1.82, 2.24) is 0 Å². The van der Waals surface area contributed by atoms with Gasteiger partial charge in [0.15, 0.2) is 18.2 Å². The van der Waals surface area contributed by atoms with Gasteiger partial charge < -0.3 is 89.0 Å². The minimum absolute atomic E-state index is 0.00154. The number of allylic oxidation sites excluding steroid dienone is 2. The van der Waals surface area contributed by atoms with Gasteiger partial charge in [0.25, 0.3) is 0 Å². The van der Waals surface area contributed by atoms with Crippen LogP contribution in [0.1, 0.15) is 26.3 Å². The summed E-state index contributed by atoms with van der Waals surface area (Å²) in [5.41, 5.74) is -0.137. The van der Waals surface area contributed by atoms with E-state index in [4.69, 9.17) is 32.8 Å². The molecular weight excluding hydrogens is 748 g/mol. The van der Waals surface area contributed by atoms with E-state index in [1.165, 1.54) is 31.2 Å². The molecule has 19 nitrogen and oxygen atoms in total. The first-order valence-electron chi connectivity index (χ1n) is 17.8. The highest BCUT2D eigenvalue weighted by atomic mass is 16.8. The Labute approximate surface area is 318 Å². The van der Waals surface area contributed by atoms with Gasteiger partial charge >= 0.3 is 0 Å². The maximum Gasteiger partial charge on any atom is 0.239 e. The third kappa shape index (κ3) is 8.09. The number of hydrogen-bond acceptors (Lipinski definition) is 19. The fourth-order valence-electron chi connectivity index (χ4n) is 6.57. The molecule has 0 saturated carbocycles. The molecule has 3 fully saturated rings. The molecule has 308 valence electrons. The third-order valence-corrected chi connectivity index (χ3v) is 9.87. The van der Waals surface area contributed by atoms with Crippen LogP contribution in [0.5, 0.6) is 23.0 Å². The number of aliphatic hydroxyl groups is 9. The Kier molecular flexibility index (Phi) is 12.6. The molecule has 56 heavy (non-hydrogen) atoms. The lowest BCUT2D eigenvalue weighted by molar-refractivity contribution is -0.344. The zero-order valence-corrected chi connectivity index (χ0v) is 30.4. The molecule has 2 aromatic carbocycles. The topological polar surface area (TPSA) is 308 Å². The molecular formula is C37H46O19. The van der Waals surface area contributed by atoms with Crippen LogP contribution in [0.3, 0.4) is 0 Å². The number of phenolic OH excluding ortho intramolecular Hbond substituents is 2. The monoisotopic (exact) mass is 794 g/mol. The molecule has 4 heterocycles. The highest BCUT2D eigenvalue weighted by Crippen LogP contribution is 2.42. The number of fused-ring (bicyclic) bond motifs is 1. The Hall–Kier alpha value is -3.93. The highest BCUT2D eigenvalue weighted by molar-refractivity contribution is 5.91. The molecule has 0 spiro atoms. The van der Waals surface area contributed by atoms with Gasteiger partial charge in [0, 0.05) is 17.2 Å². The molecule has 11 N–H and O–H groups in total. The van der Waals surface area contributed by atoms with Gasteiger partial charge in [-0.05, 0) is 51.5 Å². The molecule has 1 aromatic heterocycles. The fraction of sp³-hybridized carbons (Fsp3) is 0.541. The number of benzene rings is 2. The van der Waals surface area contributed by atoms with Crippen molar-refractivity contribution in [3.8, 4) is 34.3 Å². The van der Waals surface area contributed by atoms with Gasteiger partial charge in [0.05, 0.1) is 19.3 Å². The highest BCUT2D eigenvalue weighted by Gasteiger charge is 2.49. The number of ether oxygens (including phenoxy) is 6. The van der Waals surface area contributed by atoms with Crippen molar-refractivity contribution in [2.24, 2.45) is 0 Å². The van der Waals surface area contributed by atoms with Crippen LogP contribution >= 0.6 is 0 Å². The molecule has 0 bridgehead atoms. The second-order valence-corrected chi connectivity index (χ2v) is 14.2. The molecule has 0 aliphatic carbocycles. The first kappa shape index (κ1) is 41.7. The summed E-state index contributed by atoms with van der Waals surface area (Å²) in [7, 11) is 0. The van der Waals surface area contributed by atoms with E-state index >= 15 is 0 Å². The van der Waals surface area contributed by atoms with E-state index in [9.17, 15) is 61.0 Å². The van der Waals surface area contributed by atoms with E-state index in [0.717, 1.165) is 11.6 Å². The minimum Gasteiger partial charge on any atom is -0.508 e. The minimum atomic E-state index is -1.83. The molecule has 3 saturated heterocycles. The number of aromatic hydroxyl groups is 2. The van der Waals surface area contributed by atoms with Crippen molar-refractivity contribution in [1.29, 1.82) is 0 Å². The summed E-state index contributed by atoms with van der Waals surface area (Å²) in [5.74, 6) is -1.95. The average Bonchev–Trinajstić information content (AvgIpc) is 3.16. The quantitative estimate of drug-likeness (QED) is 0.101. The normalized spacial score (nSPS) is 34.9. The van der Waals surface area contributed by atoms with E-state index in [0.29, 0.717) is 0 Å².